The van der Waals surface area contributed by atoms with Crippen LogP contribution in [0.15, 0.2) is 66.7 Å². The van der Waals surface area contributed by atoms with E-state index in [1.54, 1.807) is 7.11 Å². The van der Waals surface area contributed by atoms with Crippen molar-refractivity contribution in [3.8, 4) is 5.75 Å². The minimum absolute atomic E-state index is 0.0204. The summed E-state index contributed by atoms with van der Waals surface area (Å²) in [5.41, 5.74) is 4.50. The van der Waals surface area contributed by atoms with Gasteiger partial charge in [-0.1, -0.05) is 36.4 Å². The molecule has 0 spiro atoms. The van der Waals surface area contributed by atoms with Gasteiger partial charge in [0, 0.05) is 22.0 Å². The summed E-state index contributed by atoms with van der Waals surface area (Å²) in [4.78, 5) is 4.75. The predicted octanol–water partition coefficient (Wildman–Crippen LogP) is 4.63. The molecule has 25 heavy (non-hydrogen) atoms. The number of hydrogen-bond donors (Lipinski definition) is 2. The molecule has 3 aromatic carbocycles. The molecular weight excluding hydrogens is 312 g/mol. The van der Waals surface area contributed by atoms with Crippen LogP contribution in [-0.4, -0.2) is 17.2 Å². The van der Waals surface area contributed by atoms with E-state index < -0.39 is 0 Å². The van der Waals surface area contributed by atoms with Crippen molar-refractivity contribution in [3.05, 3.63) is 72.3 Å². The number of nitrogens with one attached hydrogen (secondary N) is 1. The van der Waals surface area contributed by atoms with E-state index in [0.717, 1.165) is 44.5 Å². The Bertz CT molecular complexity index is 1060. The highest BCUT2D eigenvalue weighted by molar-refractivity contribution is 6.09. The van der Waals surface area contributed by atoms with Crippen molar-refractivity contribution < 1.29 is 9.84 Å². The number of aromatic nitrogens is 1. The zero-order chi connectivity index (χ0) is 17.2. The lowest BCUT2D eigenvalue weighted by Crippen LogP contribution is -1.99. The monoisotopic (exact) mass is 330 g/mol. The van der Waals surface area contributed by atoms with Gasteiger partial charge in [0.25, 0.3) is 0 Å². The van der Waals surface area contributed by atoms with Crippen LogP contribution in [0.5, 0.6) is 5.75 Å². The largest absolute Gasteiger partial charge is 0.497 e. The standard InChI is InChI=1S/C21H18N2O2/c1-25-15-10-11-20-17(12-15)21(16-7-3-5-9-19(16)22-20)23-18-8-4-2-6-14(18)13-24/h2-12,24H,13H2,1H3,(H,22,23). The number of nitrogens with zero attached hydrogens (tertiary/aromatic N) is 1. The lowest BCUT2D eigenvalue weighted by molar-refractivity contribution is 0.282. The number of para-hydroxylation sites is 2. The molecule has 4 heteroatoms. The summed E-state index contributed by atoms with van der Waals surface area (Å²) in [6.45, 7) is -0.0204. The minimum Gasteiger partial charge on any atom is -0.497 e. The number of aliphatic hydroxyl groups is 1. The fraction of sp³-hybridized carbons (Fsp3) is 0.0952. The Balaban J connectivity index is 2.00. The second-order valence-corrected chi connectivity index (χ2v) is 5.83. The van der Waals surface area contributed by atoms with E-state index in [1.165, 1.54) is 0 Å². The van der Waals surface area contributed by atoms with E-state index in [1.807, 2.05) is 66.7 Å². The van der Waals surface area contributed by atoms with Gasteiger partial charge in [0.15, 0.2) is 0 Å². The molecule has 1 aromatic heterocycles. The van der Waals surface area contributed by atoms with Crippen LogP contribution in [0.4, 0.5) is 11.4 Å². The van der Waals surface area contributed by atoms with Crippen LogP contribution >= 0.6 is 0 Å². The SMILES string of the molecule is COc1ccc2nc3ccccc3c(Nc3ccccc3CO)c2c1. The van der Waals surface area contributed by atoms with Gasteiger partial charge in [-0.3, -0.25) is 0 Å². The molecule has 0 atom stereocenters. The van der Waals surface area contributed by atoms with Gasteiger partial charge < -0.3 is 15.2 Å². The molecule has 0 amide bonds. The minimum atomic E-state index is -0.0204. The van der Waals surface area contributed by atoms with Crippen LogP contribution in [0.2, 0.25) is 0 Å². The average Bonchev–Trinajstić information content (AvgIpc) is 2.68. The second-order valence-electron chi connectivity index (χ2n) is 5.83. The van der Waals surface area contributed by atoms with Crippen molar-refractivity contribution in [3.63, 3.8) is 0 Å². The van der Waals surface area contributed by atoms with E-state index in [2.05, 4.69) is 5.32 Å². The average molecular weight is 330 g/mol. The number of pyridine rings is 1. The Hall–Kier alpha value is -3.11. The van der Waals surface area contributed by atoms with Crippen LogP contribution in [0, 0.1) is 0 Å². The quantitative estimate of drug-likeness (QED) is 0.536. The molecular formula is C21H18N2O2. The smallest absolute Gasteiger partial charge is 0.119 e. The maximum atomic E-state index is 9.63. The van der Waals surface area contributed by atoms with E-state index in [4.69, 9.17) is 9.72 Å². The van der Waals surface area contributed by atoms with Crippen LogP contribution in [-0.2, 0) is 6.61 Å². The van der Waals surface area contributed by atoms with Crippen molar-refractivity contribution in [2.75, 3.05) is 12.4 Å². The number of fused-ring (bicyclic) bond motifs is 2. The third-order valence-electron chi connectivity index (χ3n) is 4.33. The molecule has 0 bridgehead atoms. The van der Waals surface area contributed by atoms with Crippen LogP contribution in [0.1, 0.15) is 5.56 Å². The molecule has 0 saturated heterocycles. The van der Waals surface area contributed by atoms with Crippen molar-refractivity contribution in [1.29, 1.82) is 0 Å². The van der Waals surface area contributed by atoms with Gasteiger partial charge in [-0.05, 0) is 30.3 Å². The number of methoxy groups -OCH3 is 1. The Morgan fingerprint density at radius 2 is 1.68 bits per heavy atom. The first kappa shape index (κ1) is 15.4. The van der Waals surface area contributed by atoms with Gasteiger partial charge in [-0.15, -0.1) is 0 Å². The predicted molar refractivity (Wildman–Crippen MR) is 101 cm³/mol. The Labute approximate surface area is 145 Å². The highest BCUT2D eigenvalue weighted by Crippen LogP contribution is 2.35. The molecule has 0 radical (unpaired) electrons. The van der Waals surface area contributed by atoms with Crippen molar-refractivity contribution in [1.82, 2.24) is 4.98 Å². The Morgan fingerprint density at radius 3 is 2.52 bits per heavy atom. The molecule has 4 aromatic rings. The molecule has 4 nitrogen and oxygen atoms in total. The summed E-state index contributed by atoms with van der Waals surface area (Å²) in [6, 6.07) is 21.6. The van der Waals surface area contributed by atoms with E-state index in [9.17, 15) is 5.11 Å². The van der Waals surface area contributed by atoms with Crippen molar-refractivity contribution >= 4 is 33.2 Å². The molecule has 0 unspecified atom stereocenters. The lowest BCUT2D eigenvalue weighted by atomic mass is 10.1. The normalized spacial score (nSPS) is 11.0. The molecule has 0 aliphatic rings. The number of anilines is 2. The van der Waals surface area contributed by atoms with Gasteiger partial charge in [0.1, 0.15) is 5.75 Å². The molecule has 0 aliphatic heterocycles. The van der Waals surface area contributed by atoms with Gasteiger partial charge in [0.2, 0.25) is 0 Å². The summed E-state index contributed by atoms with van der Waals surface area (Å²) >= 11 is 0. The van der Waals surface area contributed by atoms with Gasteiger partial charge in [0.05, 0.1) is 30.4 Å². The summed E-state index contributed by atoms with van der Waals surface area (Å²) in [5, 5.41) is 15.1. The van der Waals surface area contributed by atoms with Crippen molar-refractivity contribution in [2.45, 2.75) is 6.61 Å². The second kappa shape index (κ2) is 6.42. The maximum absolute atomic E-state index is 9.63. The zero-order valence-electron chi connectivity index (χ0n) is 13.9. The van der Waals surface area contributed by atoms with Crippen LogP contribution in [0.3, 0.4) is 0 Å². The highest BCUT2D eigenvalue weighted by Gasteiger charge is 2.11. The van der Waals surface area contributed by atoms with Gasteiger partial charge in [-0.25, -0.2) is 4.98 Å². The topological polar surface area (TPSA) is 54.4 Å². The third-order valence-corrected chi connectivity index (χ3v) is 4.33. The number of rotatable bonds is 4. The molecule has 0 fully saturated rings. The molecule has 2 N–H and O–H groups in total. The maximum Gasteiger partial charge on any atom is 0.119 e. The fourth-order valence-electron chi connectivity index (χ4n) is 3.05. The zero-order valence-corrected chi connectivity index (χ0v) is 13.9. The molecule has 124 valence electrons. The van der Waals surface area contributed by atoms with Crippen LogP contribution < -0.4 is 10.1 Å². The summed E-state index contributed by atoms with van der Waals surface area (Å²) in [5.74, 6) is 0.781. The number of hydrogen-bond acceptors (Lipinski definition) is 4. The molecule has 0 saturated carbocycles. The fourth-order valence-corrected chi connectivity index (χ4v) is 3.05. The van der Waals surface area contributed by atoms with E-state index in [0.29, 0.717) is 0 Å². The number of ether oxygens (including phenoxy) is 1. The van der Waals surface area contributed by atoms with E-state index in [-0.39, 0.29) is 6.61 Å². The van der Waals surface area contributed by atoms with Gasteiger partial charge >= 0.3 is 0 Å². The molecule has 0 aliphatic carbocycles. The Kier molecular flexibility index (Phi) is 3.96. The number of aliphatic hydroxyl groups excluding tert-OH is 1. The van der Waals surface area contributed by atoms with E-state index >= 15 is 0 Å². The van der Waals surface area contributed by atoms with Gasteiger partial charge in [-0.2, -0.15) is 0 Å². The van der Waals surface area contributed by atoms with Crippen LogP contribution in [0.25, 0.3) is 21.8 Å². The summed E-state index contributed by atoms with van der Waals surface area (Å²) in [6.07, 6.45) is 0. The first-order valence-electron chi connectivity index (χ1n) is 8.12. The molecule has 4 rings (SSSR count). The summed E-state index contributed by atoms with van der Waals surface area (Å²) < 4.78 is 5.39. The van der Waals surface area contributed by atoms with Crippen molar-refractivity contribution in [2.24, 2.45) is 0 Å². The highest BCUT2D eigenvalue weighted by atomic mass is 16.5. The Morgan fingerprint density at radius 1 is 0.920 bits per heavy atom. The molecule has 1 heterocycles. The lowest BCUT2D eigenvalue weighted by Gasteiger charge is -2.16. The first-order chi connectivity index (χ1) is 12.3. The third kappa shape index (κ3) is 2.77. The summed E-state index contributed by atoms with van der Waals surface area (Å²) in [7, 11) is 1.66. The first-order valence-corrected chi connectivity index (χ1v) is 8.12. The number of benzene rings is 3.